The van der Waals surface area contributed by atoms with Gasteiger partial charge in [-0.05, 0) is 115 Å². The van der Waals surface area contributed by atoms with E-state index in [-0.39, 0.29) is 45.3 Å². The second-order valence-corrected chi connectivity index (χ2v) is 12.6. The van der Waals surface area contributed by atoms with Crippen LogP contribution in [0, 0.1) is 0 Å². The molecule has 0 aromatic heterocycles. The molecule has 15 nitrogen and oxygen atoms in total. The number of esters is 4. The fourth-order valence-corrected chi connectivity index (χ4v) is 4.63. The third-order valence-electron chi connectivity index (χ3n) is 7.97. The Bertz CT molecular complexity index is 2590. The summed E-state index contributed by atoms with van der Waals surface area (Å²) in [5.41, 5.74) is 2.23. The molecule has 316 valence electrons. The zero-order chi connectivity index (χ0) is 45.5. The summed E-state index contributed by atoms with van der Waals surface area (Å²) in [5.74, 6) is -4.66. The van der Waals surface area contributed by atoms with Crippen LogP contribution < -0.4 is 18.9 Å². The molecule has 0 aliphatic heterocycles. The fraction of sp³-hybridized carbons (Fsp3) is 0.0213. The van der Waals surface area contributed by atoms with Crippen molar-refractivity contribution in [3.63, 3.8) is 0 Å². The van der Waals surface area contributed by atoms with E-state index < -0.39 is 46.9 Å². The van der Waals surface area contributed by atoms with E-state index in [0.717, 1.165) is 35.4 Å². The van der Waals surface area contributed by atoms with E-state index in [0.29, 0.717) is 17.2 Å². The molecule has 0 unspecified atom stereocenters. The molecule has 0 saturated heterocycles. The van der Waals surface area contributed by atoms with E-state index in [4.69, 9.17) is 24.1 Å². The van der Waals surface area contributed by atoms with Crippen LogP contribution in [0.25, 0.3) is 12.2 Å². The second kappa shape index (κ2) is 21.1. The third kappa shape index (κ3) is 13.0. The van der Waals surface area contributed by atoms with Crippen LogP contribution in [0.1, 0.15) is 49.1 Å². The van der Waals surface area contributed by atoms with Crippen molar-refractivity contribution in [3.05, 3.63) is 174 Å². The van der Waals surface area contributed by atoms with Gasteiger partial charge < -0.3 is 54.7 Å². The molecule has 0 heterocycles. The van der Waals surface area contributed by atoms with Crippen LogP contribution in [0.4, 0.5) is 0 Å². The minimum Gasteiger partial charge on any atom is -0.504 e. The largest absolute Gasteiger partial charge is 0.504 e. The van der Waals surface area contributed by atoms with E-state index in [9.17, 15) is 49.8 Å². The zero-order valence-corrected chi connectivity index (χ0v) is 32.7. The highest BCUT2D eigenvalue weighted by atomic mass is 16.5. The summed E-state index contributed by atoms with van der Waals surface area (Å²) < 4.78 is 20.3. The normalized spacial score (nSPS) is 9.95. The molecule has 62 heavy (non-hydrogen) atoms. The average molecular weight is 843 g/mol. The maximum Gasteiger partial charge on any atom is 0.343 e. The van der Waals surface area contributed by atoms with Gasteiger partial charge in [-0.15, -0.1) is 0 Å². The Balaban J connectivity index is 0.000000205. The molecule has 15 heteroatoms. The fourth-order valence-electron chi connectivity index (χ4n) is 4.63. The number of rotatable bonds is 10. The molecule has 0 radical (unpaired) electrons. The number of aromatic hydroxyl groups is 7. The lowest BCUT2D eigenvalue weighted by Crippen LogP contribution is -2.09. The summed E-state index contributed by atoms with van der Waals surface area (Å²) in [6.45, 7) is 12.2. The summed E-state index contributed by atoms with van der Waals surface area (Å²) in [4.78, 5) is 46.9. The van der Waals surface area contributed by atoms with Gasteiger partial charge in [-0.2, -0.15) is 0 Å². The number of hydrogen-bond donors (Lipinski definition) is 7. The molecule has 0 amide bonds. The number of phenolic OH excluding ortho intramolecular Hbond substituents is 7. The first-order chi connectivity index (χ1) is 29.5. The van der Waals surface area contributed by atoms with Crippen LogP contribution >= 0.6 is 0 Å². The summed E-state index contributed by atoms with van der Waals surface area (Å²) in [6, 6.07) is 28.7. The second-order valence-electron chi connectivity index (χ2n) is 12.6. The minimum absolute atomic E-state index is 0.0782. The van der Waals surface area contributed by atoms with Gasteiger partial charge >= 0.3 is 23.9 Å². The molecular formula is C47H38O15. The Morgan fingerprint density at radius 2 is 0.726 bits per heavy atom. The lowest BCUT2D eigenvalue weighted by molar-refractivity contribution is -0.130. The molecule has 0 fully saturated rings. The van der Waals surface area contributed by atoms with Crippen molar-refractivity contribution < 1.29 is 73.9 Å². The van der Waals surface area contributed by atoms with Gasteiger partial charge in [-0.1, -0.05) is 56.2 Å². The highest BCUT2D eigenvalue weighted by molar-refractivity contribution is 5.93. The zero-order valence-electron chi connectivity index (χ0n) is 32.7. The average Bonchev–Trinajstić information content (AvgIpc) is 3.26. The van der Waals surface area contributed by atoms with Crippen molar-refractivity contribution in [2.45, 2.75) is 6.92 Å². The Labute approximate surface area is 353 Å². The van der Waals surface area contributed by atoms with Crippen molar-refractivity contribution in [2.75, 3.05) is 0 Å². The van der Waals surface area contributed by atoms with Crippen molar-refractivity contribution in [1.82, 2.24) is 0 Å². The van der Waals surface area contributed by atoms with Gasteiger partial charge in [0.25, 0.3) is 0 Å². The number of carbonyl (C=O) groups is 4. The molecule has 0 atom stereocenters. The van der Waals surface area contributed by atoms with Crippen LogP contribution in [0.3, 0.4) is 0 Å². The third-order valence-corrected chi connectivity index (χ3v) is 7.97. The van der Waals surface area contributed by atoms with Crippen LogP contribution in [0.5, 0.6) is 63.2 Å². The molecule has 0 bridgehead atoms. The minimum atomic E-state index is -0.762. The summed E-state index contributed by atoms with van der Waals surface area (Å²) in [5, 5.41) is 64.9. The maximum absolute atomic E-state index is 11.9. The first kappa shape index (κ1) is 45.7. The smallest absolute Gasteiger partial charge is 0.343 e. The monoisotopic (exact) mass is 842 g/mol. The molecule has 6 aromatic carbocycles. The highest BCUT2D eigenvalue weighted by Crippen LogP contribution is 2.36. The van der Waals surface area contributed by atoms with Gasteiger partial charge in [0.05, 0.1) is 16.7 Å². The number of ether oxygens (including phenoxy) is 4. The first-order valence-electron chi connectivity index (χ1n) is 17.9. The van der Waals surface area contributed by atoms with Gasteiger partial charge in [0.15, 0.2) is 40.2 Å². The van der Waals surface area contributed by atoms with Gasteiger partial charge in [0, 0.05) is 5.57 Å². The molecule has 6 aromatic rings. The van der Waals surface area contributed by atoms with Crippen molar-refractivity contribution in [2.24, 2.45) is 0 Å². The SMILES string of the molecule is C=C(C)C(=O)Oc1ccc(OC(=O)c2ccc(O)c(O)c2)cc1.C=Cc1ccc(OC(=O)c2cc(O)c(O)c(O)c2)cc1.C=Cc1ccc(OC(=O)c2ccc(O)c(O)c2)cc1. The van der Waals surface area contributed by atoms with Crippen LogP contribution in [-0.4, -0.2) is 59.6 Å². The Morgan fingerprint density at radius 3 is 1.05 bits per heavy atom. The lowest BCUT2D eigenvalue weighted by atomic mass is 10.2. The van der Waals surface area contributed by atoms with E-state index in [1.165, 1.54) is 55.5 Å². The summed E-state index contributed by atoms with van der Waals surface area (Å²) in [7, 11) is 0. The van der Waals surface area contributed by atoms with E-state index in [1.54, 1.807) is 60.7 Å². The van der Waals surface area contributed by atoms with Gasteiger partial charge in [-0.3, -0.25) is 0 Å². The molecule has 0 aliphatic rings. The molecule has 0 spiro atoms. The Kier molecular flexibility index (Phi) is 15.6. The summed E-state index contributed by atoms with van der Waals surface area (Å²) >= 11 is 0. The molecule has 0 aliphatic carbocycles. The van der Waals surface area contributed by atoms with Crippen molar-refractivity contribution >= 4 is 36.0 Å². The molecule has 7 N–H and O–H groups in total. The van der Waals surface area contributed by atoms with Gasteiger partial charge in [-0.25, -0.2) is 19.2 Å². The van der Waals surface area contributed by atoms with Crippen molar-refractivity contribution in [3.8, 4) is 63.2 Å². The van der Waals surface area contributed by atoms with Crippen LogP contribution in [0.15, 0.2) is 147 Å². The number of phenols is 7. The predicted molar refractivity (Wildman–Crippen MR) is 226 cm³/mol. The Hall–Kier alpha value is -8.98. The van der Waals surface area contributed by atoms with E-state index in [1.807, 2.05) is 0 Å². The quantitative estimate of drug-likeness (QED) is 0.0296. The topological polar surface area (TPSA) is 247 Å². The van der Waals surface area contributed by atoms with Gasteiger partial charge in [0.1, 0.15) is 23.0 Å². The number of hydrogen-bond acceptors (Lipinski definition) is 15. The number of benzene rings is 6. The summed E-state index contributed by atoms with van der Waals surface area (Å²) in [6.07, 6.45) is 3.34. The lowest BCUT2D eigenvalue weighted by Gasteiger charge is -2.07. The van der Waals surface area contributed by atoms with E-state index in [2.05, 4.69) is 19.7 Å². The van der Waals surface area contributed by atoms with Crippen molar-refractivity contribution in [1.29, 1.82) is 0 Å². The van der Waals surface area contributed by atoms with Gasteiger partial charge in [0.2, 0.25) is 0 Å². The highest BCUT2D eigenvalue weighted by Gasteiger charge is 2.16. The standard InChI is InChI=1S/C17H14O6.C15H12O5.C15H12O4/c1-10(2)16(20)22-12-4-6-13(7-5-12)23-17(21)11-3-8-14(18)15(19)9-11;1-2-9-3-5-11(6-4-9)20-15(19)10-7-12(16)14(18)13(17)8-10;1-2-10-3-6-12(7-4-10)19-15(18)11-5-8-13(16)14(17)9-11/h3-9,18-19H,1H2,2H3;2-8,16-18H,1H2;2-9,16-17H,1H2. The maximum atomic E-state index is 11.9. The molecular weight excluding hydrogens is 805 g/mol. The van der Waals surface area contributed by atoms with E-state index >= 15 is 0 Å². The first-order valence-corrected chi connectivity index (χ1v) is 17.9. The molecule has 6 rings (SSSR count). The molecule has 0 saturated carbocycles. The predicted octanol–water partition coefficient (Wildman–Crippen LogP) is 8.42. The van der Waals surface area contributed by atoms with Crippen LogP contribution in [-0.2, 0) is 4.79 Å². The Morgan fingerprint density at radius 1 is 0.419 bits per heavy atom. The number of carbonyl (C=O) groups excluding carboxylic acids is 4. The van der Waals surface area contributed by atoms with Crippen LogP contribution in [0.2, 0.25) is 0 Å².